The van der Waals surface area contributed by atoms with E-state index in [1.165, 1.54) is 0 Å². The lowest BCUT2D eigenvalue weighted by Crippen LogP contribution is -2.37. The highest BCUT2D eigenvalue weighted by atomic mass is 16.3. The molecule has 8 nitrogen and oxygen atoms in total. The average molecular weight is 284 g/mol. The molecule has 0 spiro atoms. The highest BCUT2D eigenvalue weighted by Gasteiger charge is 2.26. The summed E-state index contributed by atoms with van der Waals surface area (Å²) in [5.41, 5.74) is -1.11. The zero-order valence-electron chi connectivity index (χ0n) is 10.8. The number of aliphatic hydroxyl groups is 7. The Balaban J connectivity index is 0. The summed E-state index contributed by atoms with van der Waals surface area (Å²) in [6.07, 6.45) is -0.993. The third-order valence-corrected chi connectivity index (χ3v) is 2.41. The molecule has 0 aromatic rings. The fraction of sp³-hybridized carbons (Fsp3) is 0.909. The van der Waals surface area contributed by atoms with Crippen LogP contribution in [0.4, 0.5) is 0 Å². The van der Waals surface area contributed by atoms with E-state index >= 15 is 0 Å². The fourth-order valence-corrected chi connectivity index (χ4v) is 0.854. The van der Waals surface area contributed by atoms with Crippen molar-refractivity contribution in [2.75, 3.05) is 39.6 Å². The SMILES string of the molecule is O=C(CCO)CC(O)CO.OCC(CO)(CO)CO. The number of hydrogen-bond donors (Lipinski definition) is 7. The second-order valence-corrected chi connectivity index (χ2v) is 4.19. The van der Waals surface area contributed by atoms with Crippen molar-refractivity contribution in [3.05, 3.63) is 0 Å². The van der Waals surface area contributed by atoms with Gasteiger partial charge in [-0.2, -0.15) is 0 Å². The van der Waals surface area contributed by atoms with Crippen molar-refractivity contribution in [1.82, 2.24) is 0 Å². The minimum atomic E-state index is -1.11. The highest BCUT2D eigenvalue weighted by molar-refractivity contribution is 5.78. The molecule has 19 heavy (non-hydrogen) atoms. The first-order valence-electron chi connectivity index (χ1n) is 5.80. The Morgan fingerprint density at radius 3 is 1.53 bits per heavy atom. The van der Waals surface area contributed by atoms with Crippen molar-refractivity contribution in [3.63, 3.8) is 0 Å². The Hall–Kier alpha value is -0.610. The average Bonchev–Trinajstić information content (AvgIpc) is 2.43. The molecule has 7 N–H and O–H groups in total. The van der Waals surface area contributed by atoms with Gasteiger partial charge in [-0.1, -0.05) is 0 Å². The summed E-state index contributed by atoms with van der Waals surface area (Å²) in [6.45, 7) is -2.23. The Bertz CT molecular complexity index is 199. The molecule has 8 heteroatoms. The minimum Gasteiger partial charge on any atom is -0.396 e. The maximum Gasteiger partial charge on any atom is 0.137 e. The molecule has 0 bridgehead atoms. The fourth-order valence-electron chi connectivity index (χ4n) is 0.854. The molecule has 0 amide bonds. The number of carbonyl (C=O) groups excluding carboxylic acids is 1. The van der Waals surface area contributed by atoms with Gasteiger partial charge in [0, 0.05) is 19.4 Å². The predicted molar refractivity (Wildman–Crippen MR) is 65.2 cm³/mol. The third-order valence-electron chi connectivity index (χ3n) is 2.41. The van der Waals surface area contributed by atoms with E-state index in [0.29, 0.717) is 0 Å². The van der Waals surface area contributed by atoms with E-state index in [-0.39, 0.29) is 25.2 Å². The smallest absolute Gasteiger partial charge is 0.137 e. The lowest BCUT2D eigenvalue weighted by molar-refractivity contribution is -0.122. The van der Waals surface area contributed by atoms with Gasteiger partial charge in [0.1, 0.15) is 5.78 Å². The van der Waals surface area contributed by atoms with E-state index in [1.807, 2.05) is 0 Å². The van der Waals surface area contributed by atoms with Gasteiger partial charge in [0.2, 0.25) is 0 Å². The van der Waals surface area contributed by atoms with Crippen LogP contribution >= 0.6 is 0 Å². The van der Waals surface area contributed by atoms with Crippen LogP contribution in [0.3, 0.4) is 0 Å². The minimum absolute atomic E-state index is 0.0526. The molecule has 0 aliphatic rings. The third kappa shape index (κ3) is 9.91. The molecule has 0 fully saturated rings. The van der Waals surface area contributed by atoms with Gasteiger partial charge in [0.25, 0.3) is 0 Å². The van der Waals surface area contributed by atoms with Crippen LogP contribution < -0.4 is 0 Å². The summed E-state index contributed by atoms with van der Waals surface area (Å²) in [7, 11) is 0. The van der Waals surface area contributed by atoms with Gasteiger partial charge < -0.3 is 35.7 Å². The molecule has 1 atom stereocenters. The van der Waals surface area contributed by atoms with Gasteiger partial charge in [-0.15, -0.1) is 0 Å². The number of hydrogen-bond acceptors (Lipinski definition) is 8. The second kappa shape index (κ2) is 12.4. The van der Waals surface area contributed by atoms with E-state index in [1.54, 1.807) is 0 Å². The lowest BCUT2D eigenvalue weighted by atomic mass is 9.93. The van der Waals surface area contributed by atoms with Gasteiger partial charge in [-0.05, 0) is 0 Å². The summed E-state index contributed by atoms with van der Waals surface area (Å²) in [5.74, 6) is -0.232. The Kier molecular flexibility index (Phi) is 13.5. The monoisotopic (exact) mass is 284 g/mol. The first kappa shape index (κ1) is 20.7. The van der Waals surface area contributed by atoms with Crippen LogP contribution in [-0.4, -0.2) is 87.3 Å². The van der Waals surface area contributed by atoms with Crippen LogP contribution in [0.2, 0.25) is 0 Å². The first-order chi connectivity index (χ1) is 8.94. The van der Waals surface area contributed by atoms with E-state index < -0.39 is 44.6 Å². The van der Waals surface area contributed by atoms with Gasteiger partial charge in [-0.25, -0.2) is 0 Å². The molecule has 0 saturated heterocycles. The standard InChI is InChI=1S/C6H12O4.C5H12O4/c7-2-1-5(9)3-6(10)4-8;6-1-5(2-7,3-8)4-9/h6-8,10H,1-4H2;6-9H,1-4H2. The molecule has 116 valence electrons. The zero-order valence-corrected chi connectivity index (χ0v) is 10.8. The van der Waals surface area contributed by atoms with Crippen molar-refractivity contribution >= 4 is 5.78 Å². The summed E-state index contributed by atoms with van der Waals surface area (Å²) in [5, 5.41) is 59.2. The van der Waals surface area contributed by atoms with Gasteiger partial charge in [-0.3, -0.25) is 4.79 Å². The van der Waals surface area contributed by atoms with E-state index in [9.17, 15) is 4.79 Å². The number of carbonyl (C=O) groups is 1. The highest BCUT2D eigenvalue weighted by Crippen LogP contribution is 2.11. The molecule has 0 heterocycles. The normalized spacial score (nSPS) is 12.6. The topological polar surface area (TPSA) is 159 Å². The maximum absolute atomic E-state index is 10.6. The van der Waals surface area contributed by atoms with Crippen molar-refractivity contribution < 1.29 is 40.5 Å². The van der Waals surface area contributed by atoms with Gasteiger partial charge in [0.15, 0.2) is 0 Å². The van der Waals surface area contributed by atoms with Crippen molar-refractivity contribution in [1.29, 1.82) is 0 Å². The van der Waals surface area contributed by atoms with Crippen LogP contribution in [0.1, 0.15) is 12.8 Å². The van der Waals surface area contributed by atoms with E-state index in [2.05, 4.69) is 0 Å². The van der Waals surface area contributed by atoms with Crippen LogP contribution in [0.5, 0.6) is 0 Å². The summed E-state index contributed by atoms with van der Waals surface area (Å²) < 4.78 is 0. The van der Waals surface area contributed by atoms with Crippen LogP contribution in [0, 0.1) is 5.41 Å². The van der Waals surface area contributed by atoms with E-state index in [0.717, 1.165) is 0 Å². The maximum atomic E-state index is 10.6. The van der Waals surface area contributed by atoms with E-state index in [4.69, 9.17) is 35.7 Å². The number of rotatable bonds is 9. The summed E-state index contributed by atoms with van der Waals surface area (Å²) >= 11 is 0. The van der Waals surface area contributed by atoms with Crippen molar-refractivity contribution in [3.8, 4) is 0 Å². The molecule has 0 saturated carbocycles. The predicted octanol–water partition coefficient (Wildman–Crippen LogP) is -3.38. The number of Topliss-reactive ketones (excluding diaryl/α,β-unsaturated/α-hetero) is 1. The molecule has 0 radical (unpaired) electrons. The summed E-state index contributed by atoms with van der Waals surface area (Å²) in [4.78, 5) is 10.6. The Morgan fingerprint density at radius 1 is 0.895 bits per heavy atom. The van der Waals surface area contributed by atoms with Crippen molar-refractivity contribution in [2.24, 2.45) is 5.41 Å². The molecule has 1 unspecified atom stereocenters. The summed E-state index contributed by atoms with van der Waals surface area (Å²) in [6, 6.07) is 0. The number of ketones is 1. The molecule has 0 aliphatic carbocycles. The molecule has 0 aliphatic heterocycles. The van der Waals surface area contributed by atoms with Crippen LogP contribution in [0.15, 0.2) is 0 Å². The molecular weight excluding hydrogens is 260 g/mol. The quantitative estimate of drug-likeness (QED) is 0.231. The molecular formula is C11H24O8. The molecule has 0 aromatic carbocycles. The van der Waals surface area contributed by atoms with Gasteiger partial charge in [0.05, 0.1) is 44.6 Å². The van der Waals surface area contributed by atoms with Gasteiger partial charge >= 0.3 is 0 Å². The Labute approximate surface area is 111 Å². The zero-order chi connectivity index (χ0) is 15.3. The van der Waals surface area contributed by atoms with Crippen LogP contribution in [-0.2, 0) is 4.79 Å². The number of aliphatic hydroxyl groups excluding tert-OH is 7. The molecule has 0 rings (SSSR count). The van der Waals surface area contributed by atoms with Crippen molar-refractivity contribution in [2.45, 2.75) is 18.9 Å². The van der Waals surface area contributed by atoms with Crippen LogP contribution in [0.25, 0.3) is 0 Å². The second-order valence-electron chi connectivity index (χ2n) is 4.19. The molecule has 0 aromatic heterocycles. The lowest BCUT2D eigenvalue weighted by Gasteiger charge is -2.23. The first-order valence-corrected chi connectivity index (χ1v) is 5.80. The Morgan fingerprint density at radius 2 is 1.32 bits per heavy atom. The largest absolute Gasteiger partial charge is 0.396 e.